The molecule has 0 aliphatic heterocycles. The molecular formula is C17H27N3O6. The largest absolute Gasteiger partial charge is 0.467 e. The maximum Gasteiger partial charge on any atom is 0.441 e. The molecule has 0 spiro atoms. The van der Waals surface area contributed by atoms with Gasteiger partial charge in [0.1, 0.15) is 11.1 Å². The summed E-state index contributed by atoms with van der Waals surface area (Å²) >= 11 is 0. The molecule has 0 aliphatic carbocycles. The molecular weight excluding hydrogens is 342 g/mol. The first-order valence-corrected chi connectivity index (χ1v) is 8.26. The summed E-state index contributed by atoms with van der Waals surface area (Å²) in [4.78, 5) is 35.5. The molecule has 26 heavy (non-hydrogen) atoms. The molecule has 0 fully saturated rings. The van der Waals surface area contributed by atoms with Gasteiger partial charge in [-0.2, -0.15) is 0 Å². The Morgan fingerprint density at radius 2 is 1.92 bits per heavy atom. The second-order valence-electron chi connectivity index (χ2n) is 7.06. The smallest absolute Gasteiger partial charge is 0.441 e. The fraction of sp³-hybridized carbons (Fsp3) is 0.647. The van der Waals surface area contributed by atoms with Gasteiger partial charge in [-0.05, 0) is 47.5 Å². The van der Waals surface area contributed by atoms with Gasteiger partial charge in [0.05, 0.1) is 7.11 Å². The highest BCUT2D eigenvalue weighted by Gasteiger charge is 2.36. The Morgan fingerprint density at radius 1 is 1.27 bits per heavy atom. The van der Waals surface area contributed by atoms with Crippen LogP contribution in [0.2, 0.25) is 0 Å². The van der Waals surface area contributed by atoms with Gasteiger partial charge in [-0.1, -0.05) is 17.3 Å². The standard InChI is InChI=1S/C17H27N3O6/c1-12-19-26-15(23)20(12)11-9-7-8-10-17(5,13(21)24-6)18-14(22)25-16(2,3)4/h7-8H,9-11H2,1-6H3,(H,18,22)/b8-7-. The molecule has 9 heteroatoms. The number of rotatable bonds is 7. The van der Waals surface area contributed by atoms with Crippen molar-refractivity contribution in [3.8, 4) is 0 Å². The molecule has 0 bridgehead atoms. The average Bonchev–Trinajstić information content (AvgIpc) is 2.83. The zero-order chi connectivity index (χ0) is 20.0. The molecule has 1 aromatic rings. The van der Waals surface area contributed by atoms with Crippen molar-refractivity contribution in [2.24, 2.45) is 0 Å². The molecule has 1 atom stereocenters. The molecule has 9 nitrogen and oxygen atoms in total. The average molecular weight is 369 g/mol. The van der Waals surface area contributed by atoms with Crippen LogP contribution in [0.1, 0.15) is 46.4 Å². The van der Waals surface area contributed by atoms with E-state index in [0.717, 1.165) is 0 Å². The minimum Gasteiger partial charge on any atom is -0.467 e. The van der Waals surface area contributed by atoms with Gasteiger partial charge in [0.15, 0.2) is 5.82 Å². The van der Waals surface area contributed by atoms with Crippen molar-refractivity contribution < 1.29 is 23.6 Å². The lowest BCUT2D eigenvalue weighted by atomic mass is 9.97. The predicted molar refractivity (Wildman–Crippen MR) is 93.7 cm³/mol. The van der Waals surface area contributed by atoms with Gasteiger partial charge < -0.3 is 14.8 Å². The number of hydrogen-bond acceptors (Lipinski definition) is 7. The van der Waals surface area contributed by atoms with Crippen LogP contribution < -0.4 is 11.1 Å². The molecule has 0 radical (unpaired) electrons. The van der Waals surface area contributed by atoms with Crippen LogP contribution in [0.3, 0.4) is 0 Å². The second kappa shape index (κ2) is 8.68. The van der Waals surface area contributed by atoms with Crippen LogP contribution in [0, 0.1) is 6.92 Å². The number of aromatic nitrogens is 2. The number of hydrogen-bond donors (Lipinski definition) is 1. The first kappa shape index (κ1) is 21.5. The molecule has 0 aliphatic rings. The number of esters is 1. The van der Waals surface area contributed by atoms with Gasteiger partial charge >= 0.3 is 17.8 Å². The van der Waals surface area contributed by atoms with Crippen LogP contribution in [-0.2, 0) is 20.8 Å². The fourth-order valence-corrected chi connectivity index (χ4v) is 2.17. The predicted octanol–water partition coefficient (Wildman–Crippen LogP) is 1.94. The van der Waals surface area contributed by atoms with E-state index in [4.69, 9.17) is 9.47 Å². The minimum absolute atomic E-state index is 0.205. The number of carbonyl (C=O) groups is 2. The van der Waals surface area contributed by atoms with Crippen molar-refractivity contribution in [3.05, 3.63) is 28.5 Å². The van der Waals surface area contributed by atoms with Crippen LogP contribution in [0.25, 0.3) is 0 Å². The van der Waals surface area contributed by atoms with E-state index in [-0.39, 0.29) is 6.42 Å². The number of ether oxygens (including phenoxy) is 2. The van der Waals surface area contributed by atoms with Crippen LogP contribution in [-0.4, -0.2) is 40.0 Å². The summed E-state index contributed by atoms with van der Waals surface area (Å²) in [6.07, 6.45) is 3.58. The van der Waals surface area contributed by atoms with Crippen molar-refractivity contribution in [2.45, 2.75) is 65.1 Å². The minimum atomic E-state index is -1.27. The number of allylic oxidation sites excluding steroid dienone is 1. The van der Waals surface area contributed by atoms with Crippen LogP contribution >= 0.6 is 0 Å². The molecule has 1 N–H and O–H groups in total. The van der Waals surface area contributed by atoms with Crippen molar-refractivity contribution in [1.82, 2.24) is 15.0 Å². The third kappa shape index (κ3) is 6.38. The van der Waals surface area contributed by atoms with E-state index in [0.29, 0.717) is 18.8 Å². The quantitative estimate of drug-likeness (QED) is 0.577. The Morgan fingerprint density at radius 3 is 2.42 bits per heavy atom. The van der Waals surface area contributed by atoms with Crippen molar-refractivity contribution in [2.75, 3.05) is 7.11 Å². The van der Waals surface area contributed by atoms with Gasteiger partial charge in [0, 0.05) is 6.54 Å². The van der Waals surface area contributed by atoms with Gasteiger partial charge in [-0.3, -0.25) is 9.09 Å². The van der Waals surface area contributed by atoms with Gasteiger partial charge in [-0.25, -0.2) is 14.4 Å². The maximum absolute atomic E-state index is 12.1. The molecule has 0 saturated carbocycles. The highest BCUT2D eigenvalue weighted by atomic mass is 16.6. The normalized spacial score (nSPS) is 14.1. The Hall–Kier alpha value is -2.58. The van der Waals surface area contributed by atoms with E-state index in [1.807, 2.05) is 0 Å². The van der Waals surface area contributed by atoms with Crippen LogP contribution in [0.5, 0.6) is 0 Å². The zero-order valence-corrected chi connectivity index (χ0v) is 16.1. The van der Waals surface area contributed by atoms with Gasteiger partial charge in [0.2, 0.25) is 0 Å². The van der Waals surface area contributed by atoms with Gasteiger partial charge in [-0.15, -0.1) is 0 Å². The molecule has 1 amide bonds. The molecule has 0 saturated heterocycles. The summed E-state index contributed by atoms with van der Waals surface area (Å²) in [6, 6.07) is 0. The number of amides is 1. The van der Waals surface area contributed by atoms with Crippen LogP contribution in [0.15, 0.2) is 21.5 Å². The molecule has 146 valence electrons. The maximum atomic E-state index is 12.1. The molecule has 1 unspecified atom stereocenters. The SMILES string of the molecule is COC(=O)C(C)(C/C=C\CCn1c(C)noc1=O)NC(=O)OC(C)(C)C. The number of alkyl carbamates (subject to hydrolysis) is 1. The number of methoxy groups -OCH3 is 1. The van der Waals surface area contributed by atoms with Crippen molar-refractivity contribution in [3.63, 3.8) is 0 Å². The Labute approximate surface area is 152 Å². The summed E-state index contributed by atoms with van der Waals surface area (Å²) in [5.41, 5.74) is -1.95. The third-order valence-electron chi connectivity index (χ3n) is 3.49. The first-order chi connectivity index (χ1) is 12.0. The number of aryl methyl sites for hydroxylation is 1. The zero-order valence-electron chi connectivity index (χ0n) is 16.1. The Balaban J connectivity index is 2.67. The molecule has 1 heterocycles. The van der Waals surface area contributed by atoms with E-state index in [1.165, 1.54) is 11.7 Å². The second-order valence-corrected chi connectivity index (χ2v) is 7.06. The van der Waals surface area contributed by atoms with E-state index in [1.54, 1.807) is 46.8 Å². The monoisotopic (exact) mass is 369 g/mol. The van der Waals surface area contributed by atoms with E-state index in [9.17, 15) is 14.4 Å². The Kier molecular flexibility index (Phi) is 7.17. The third-order valence-corrected chi connectivity index (χ3v) is 3.49. The fourth-order valence-electron chi connectivity index (χ4n) is 2.17. The number of nitrogens with one attached hydrogen (secondary N) is 1. The summed E-state index contributed by atoms with van der Waals surface area (Å²) in [7, 11) is 1.25. The lowest BCUT2D eigenvalue weighted by Crippen LogP contribution is -2.53. The highest BCUT2D eigenvalue weighted by Crippen LogP contribution is 2.15. The number of carbonyl (C=O) groups excluding carboxylic acids is 2. The molecule has 1 aromatic heterocycles. The molecule has 1 rings (SSSR count). The van der Waals surface area contributed by atoms with Gasteiger partial charge in [0.25, 0.3) is 0 Å². The summed E-state index contributed by atoms with van der Waals surface area (Å²) in [5, 5.41) is 6.14. The lowest BCUT2D eigenvalue weighted by Gasteiger charge is -2.28. The van der Waals surface area contributed by atoms with E-state index in [2.05, 4.69) is 15.0 Å². The van der Waals surface area contributed by atoms with Crippen molar-refractivity contribution in [1.29, 1.82) is 0 Å². The summed E-state index contributed by atoms with van der Waals surface area (Å²) in [5.74, 6) is -0.601. The van der Waals surface area contributed by atoms with Crippen molar-refractivity contribution >= 4 is 12.1 Å². The summed E-state index contributed by atoms with van der Waals surface area (Å²) < 4.78 is 15.9. The molecule has 0 aromatic carbocycles. The first-order valence-electron chi connectivity index (χ1n) is 8.26. The summed E-state index contributed by atoms with van der Waals surface area (Å²) in [6.45, 7) is 8.83. The van der Waals surface area contributed by atoms with E-state index < -0.39 is 29.0 Å². The topological polar surface area (TPSA) is 113 Å². The van der Waals surface area contributed by atoms with E-state index >= 15 is 0 Å². The number of nitrogens with zero attached hydrogens (tertiary/aromatic N) is 2. The lowest BCUT2D eigenvalue weighted by molar-refractivity contribution is -0.147. The highest BCUT2D eigenvalue weighted by molar-refractivity contribution is 5.85. The Bertz CT molecular complexity index is 713. The van der Waals surface area contributed by atoms with Crippen LogP contribution in [0.4, 0.5) is 4.79 Å².